The molecule has 33 heavy (non-hydrogen) atoms. The highest BCUT2D eigenvalue weighted by atomic mass is 16.5. The predicted molar refractivity (Wildman–Crippen MR) is 127 cm³/mol. The number of nitrogens with zero attached hydrogens (tertiary/aromatic N) is 4. The van der Waals surface area contributed by atoms with E-state index < -0.39 is 0 Å². The Morgan fingerprint density at radius 2 is 2.03 bits per heavy atom. The van der Waals surface area contributed by atoms with Crippen molar-refractivity contribution < 1.29 is 14.3 Å². The van der Waals surface area contributed by atoms with Gasteiger partial charge in [0.2, 0.25) is 5.91 Å². The number of fused-ring (bicyclic) bond motifs is 3. The topological polar surface area (TPSA) is 81.0 Å². The Balaban J connectivity index is 1.33. The molecule has 0 spiro atoms. The number of rotatable bonds is 6. The molecule has 1 amide bonds. The number of carbonyl (C=O) groups is 1. The smallest absolute Gasteiger partial charge is 0.225 e. The van der Waals surface area contributed by atoms with Crippen molar-refractivity contribution in [2.75, 3.05) is 32.2 Å². The SMILES string of the molecule is COc1ccc(CNC(=O)C2CCCN(c3nc4ncccc4n4cccc34)C2)c(OC)c1. The van der Waals surface area contributed by atoms with Gasteiger partial charge in [-0.2, -0.15) is 0 Å². The fourth-order valence-electron chi connectivity index (χ4n) is 4.53. The lowest BCUT2D eigenvalue weighted by Gasteiger charge is -2.33. The number of aromatic nitrogens is 3. The number of hydrogen-bond donors (Lipinski definition) is 1. The molecule has 1 fully saturated rings. The summed E-state index contributed by atoms with van der Waals surface area (Å²) < 4.78 is 12.8. The number of amides is 1. The molecule has 1 N–H and O–H groups in total. The van der Waals surface area contributed by atoms with Crippen LogP contribution < -0.4 is 19.7 Å². The molecule has 4 heterocycles. The third-order valence-corrected chi connectivity index (χ3v) is 6.25. The zero-order valence-corrected chi connectivity index (χ0v) is 18.8. The van der Waals surface area contributed by atoms with Gasteiger partial charge in [0.25, 0.3) is 0 Å². The van der Waals surface area contributed by atoms with Crippen molar-refractivity contribution >= 4 is 28.4 Å². The van der Waals surface area contributed by atoms with E-state index in [1.807, 2.05) is 42.6 Å². The van der Waals surface area contributed by atoms with Crippen molar-refractivity contribution in [1.29, 1.82) is 0 Å². The first-order valence-electron chi connectivity index (χ1n) is 11.1. The Hall–Kier alpha value is -3.81. The number of carbonyl (C=O) groups excluding carboxylic acids is 1. The maximum absolute atomic E-state index is 13.1. The van der Waals surface area contributed by atoms with Gasteiger partial charge in [-0.05, 0) is 49.2 Å². The van der Waals surface area contributed by atoms with Crippen LogP contribution in [-0.4, -0.2) is 47.6 Å². The molecule has 0 radical (unpaired) electrons. The van der Waals surface area contributed by atoms with Crippen LogP contribution in [0.25, 0.3) is 16.7 Å². The number of benzene rings is 1. The molecular weight excluding hydrogens is 418 g/mol. The number of methoxy groups -OCH3 is 2. The second-order valence-electron chi connectivity index (χ2n) is 8.23. The number of hydrogen-bond acceptors (Lipinski definition) is 6. The molecule has 4 aromatic rings. The van der Waals surface area contributed by atoms with Crippen molar-refractivity contribution in [3.05, 3.63) is 60.4 Å². The number of ether oxygens (including phenoxy) is 2. The van der Waals surface area contributed by atoms with E-state index in [9.17, 15) is 4.79 Å². The van der Waals surface area contributed by atoms with Crippen LogP contribution >= 0.6 is 0 Å². The molecule has 1 aromatic carbocycles. The summed E-state index contributed by atoms with van der Waals surface area (Å²) >= 11 is 0. The molecule has 5 rings (SSSR count). The lowest BCUT2D eigenvalue weighted by molar-refractivity contribution is -0.125. The van der Waals surface area contributed by atoms with Crippen molar-refractivity contribution in [3.63, 3.8) is 0 Å². The summed E-state index contributed by atoms with van der Waals surface area (Å²) in [6, 6.07) is 13.6. The first kappa shape index (κ1) is 21.1. The number of nitrogens with one attached hydrogen (secondary N) is 1. The predicted octanol–water partition coefficient (Wildman–Crippen LogP) is 3.43. The van der Waals surface area contributed by atoms with Gasteiger partial charge in [0, 0.05) is 43.7 Å². The van der Waals surface area contributed by atoms with Crippen molar-refractivity contribution in [3.8, 4) is 11.5 Å². The van der Waals surface area contributed by atoms with Gasteiger partial charge in [-0.1, -0.05) is 0 Å². The fourth-order valence-corrected chi connectivity index (χ4v) is 4.53. The quantitative estimate of drug-likeness (QED) is 0.490. The van der Waals surface area contributed by atoms with E-state index in [2.05, 4.69) is 25.7 Å². The summed E-state index contributed by atoms with van der Waals surface area (Å²) in [5, 5.41) is 3.09. The lowest BCUT2D eigenvalue weighted by atomic mass is 9.97. The normalized spacial score (nSPS) is 16.2. The summed E-state index contributed by atoms with van der Waals surface area (Å²) in [6.07, 6.45) is 5.57. The molecule has 1 aliphatic heterocycles. The van der Waals surface area contributed by atoms with E-state index >= 15 is 0 Å². The molecule has 0 saturated carbocycles. The Kier molecular flexibility index (Phi) is 5.73. The molecular formula is C25H27N5O3. The molecule has 8 heteroatoms. The zero-order chi connectivity index (χ0) is 22.8. The number of piperidine rings is 1. The Bertz CT molecular complexity index is 1300. The number of anilines is 1. The minimum atomic E-state index is -0.112. The molecule has 8 nitrogen and oxygen atoms in total. The van der Waals surface area contributed by atoms with Crippen LogP contribution in [-0.2, 0) is 11.3 Å². The molecule has 1 aliphatic rings. The monoisotopic (exact) mass is 445 g/mol. The molecule has 0 bridgehead atoms. The Morgan fingerprint density at radius 1 is 1.15 bits per heavy atom. The molecule has 3 aromatic heterocycles. The highest BCUT2D eigenvalue weighted by Crippen LogP contribution is 2.29. The minimum absolute atomic E-state index is 0.0443. The highest BCUT2D eigenvalue weighted by molar-refractivity contribution is 5.84. The van der Waals surface area contributed by atoms with E-state index in [1.54, 1.807) is 20.4 Å². The average Bonchev–Trinajstić information content (AvgIpc) is 3.37. The molecule has 1 unspecified atom stereocenters. The maximum atomic E-state index is 13.1. The molecule has 1 saturated heterocycles. The van der Waals surface area contributed by atoms with Gasteiger partial charge < -0.3 is 24.1 Å². The van der Waals surface area contributed by atoms with Crippen LogP contribution in [0.2, 0.25) is 0 Å². The van der Waals surface area contributed by atoms with Gasteiger partial charge in [0.05, 0.1) is 31.2 Å². The van der Waals surface area contributed by atoms with Crippen LogP contribution in [0.3, 0.4) is 0 Å². The third kappa shape index (κ3) is 4.04. The van der Waals surface area contributed by atoms with Crippen molar-refractivity contribution in [2.45, 2.75) is 19.4 Å². The van der Waals surface area contributed by atoms with Crippen LogP contribution in [0.5, 0.6) is 11.5 Å². The zero-order valence-electron chi connectivity index (χ0n) is 18.8. The van der Waals surface area contributed by atoms with Gasteiger partial charge in [0.1, 0.15) is 11.5 Å². The summed E-state index contributed by atoms with van der Waals surface area (Å²) in [4.78, 5) is 24.6. The largest absolute Gasteiger partial charge is 0.497 e. The van der Waals surface area contributed by atoms with E-state index in [4.69, 9.17) is 14.5 Å². The van der Waals surface area contributed by atoms with Gasteiger partial charge >= 0.3 is 0 Å². The first-order chi connectivity index (χ1) is 16.2. The first-order valence-corrected chi connectivity index (χ1v) is 11.1. The molecule has 1 atom stereocenters. The van der Waals surface area contributed by atoms with Gasteiger partial charge in [-0.3, -0.25) is 4.79 Å². The Labute approximate surface area is 192 Å². The van der Waals surface area contributed by atoms with Crippen LogP contribution in [0, 0.1) is 5.92 Å². The van der Waals surface area contributed by atoms with E-state index in [0.717, 1.165) is 47.6 Å². The van der Waals surface area contributed by atoms with Crippen LogP contribution in [0.1, 0.15) is 18.4 Å². The van der Waals surface area contributed by atoms with Gasteiger partial charge in [0.15, 0.2) is 11.5 Å². The second-order valence-corrected chi connectivity index (χ2v) is 8.23. The highest BCUT2D eigenvalue weighted by Gasteiger charge is 2.28. The third-order valence-electron chi connectivity index (χ3n) is 6.25. The minimum Gasteiger partial charge on any atom is -0.497 e. The Morgan fingerprint density at radius 3 is 2.88 bits per heavy atom. The van der Waals surface area contributed by atoms with Gasteiger partial charge in [-0.25, -0.2) is 9.97 Å². The molecule has 0 aliphatic carbocycles. The molecule has 170 valence electrons. The lowest BCUT2D eigenvalue weighted by Crippen LogP contribution is -2.43. The van der Waals surface area contributed by atoms with E-state index in [-0.39, 0.29) is 11.8 Å². The maximum Gasteiger partial charge on any atom is 0.225 e. The second kappa shape index (κ2) is 8.97. The summed E-state index contributed by atoms with van der Waals surface area (Å²) in [7, 11) is 3.24. The van der Waals surface area contributed by atoms with Gasteiger partial charge in [-0.15, -0.1) is 0 Å². The fraction of sp³-hybridized carbons (Fsp3) is 0.320. The van der Waals surface area contributed by atoms with Crippen LogP contribution in [0.4, 0.5) is 5.82 Å². The van der Waals surface area contributed by atoms with E-state index in [1.165, 1.54) is 0 Å². The summed E-state index contributed by atoms with van der Waals surface area (Å²) in [6.45, 7) is 1.89. The van der Waals surface area contributed by atoms with E-state index in [0.29, 0.717) is 24.5 Å². The van der Waals surface area contributed by atoms with Crippen molar-refractivity contribution in [1.82, 2.24) is 19.7 Å². The standard InChI is InChI=1S/C25H27N5O3/c1-32-19-10-9-17(22(14-19)33-2)15-27-25(31)18-6-4-12-29(16-18)24-21-8-5-13-30(21)20-7-3-11-26-23(20)28-24/h3,5,7-11,13-14,18H,4,6,12,15-16H2,1-2H3,(H,27,31). The average molecular weight is 446 g/mol. The van der Waals surface area contributed by atoms with Crippen molar-refractivity contribution in [2.24, 2.45) is 5.92 Å². The number of pyridine rings is 1. The summed E-state index contributed by atoms with van der Waals surface area (Å²) in [5.41, 5.74) is 3.62. The summed E-state index contributed by atoms with van der Waals surface area (Å²) in [5.74, 6) is 2.23. The van der Waals surface area contributed by atoms with Crippen LogP contribution in [0.15, 0.2) is 54.9 Å².